The number of hydrogen-bond acceptors (Lipinski definition) is 4. The van der Waals surface area contributed by atoms with E-state index in [1.54, 1.807) is 5.43 Å². The highest BCUT2D eigenvalue weighted by molar-refractivity contribution is 5.44. The average molecular weight is 357 g/mol. The van der Waals surface area contributed by atoms with Gasteiger partial charge in [0.25, 0.3) is 0 Å². The Labute approximate surface area is 157 Å². The Hall–Kier alpha value is -2.37. The quantitative estimate of drug-likeness (QED) is 0.197. The molecule has 0 atom stereocenters. The number of hydrogen-bond donors (Lipinski definition) is 3. The fourth-order valence-corrected chi connectivity index (χ4v) is 2.35. The molecular weight excluding hydrogens is 326 g/mol. The molecule has 1 aromatic rings. The lowest BCUT2D eigenvalue weighted by molar-refractivity contribution is -0.109. The van der Waals surface area contributed by atoms with E-state index in [-0.39, 0.29) is 0 Å². The Morgan fingerprint density at radius 3 is 2.65 bits per heavy atom. The summed E-state index contributed by atoms with van der Waals surface area (Å²) in [6.45, 7) is 7.34. The smallest absolute Gasteiger partial charge is 0.221 e. The molecule has 0 aromatic heterocycles. The van der Waals surface area contributed by atoms with Gasteiger partial charge >= 0.3 is 0 Å². The number of amides is 1. The fourth-order valence-electron chi connectivity index (χ4n) is 2.35. The Kier molecular flexibility index (Phi) is 10.8. The van der Waals surface area contributed by atoms with Gasteiger partial charge in [-0.3, -0.25) is 10.2 Å². The molecule has 5 nitrogen and oxygen atoms in total. The first-order chi connectivity index (χ1) is 12.7. The summed E-state index contributed by atoms with van der Waals surface area (Å²) in [7, 11) is 1.93. The molecule has 5 heteroatoms. The van der Waals surface area contributed by atoms with Crippen LogP contribution in [0.1, 0.15) is 43.2 Å². The molecule has 1 aromatic carbocycles. The van der Waals surface area contributed by atoms with E-state index in [1.165, 1.54) is 24.0 Å². The van der Waals surface area contributed by atoms with E-state index in [0.29, 0.717) is 19.6 Å². The molecule has 2 rings (SSSR count). The standard InChI is InChI=1S/C20H27NO.CH4N2O/c1-4-16(2)8-7-10-19(21-3)15-22-14-18-9-5-6-11-20(18)17-12-13-17;2-3-1-4/h5-11,17,21H,2,4,12-15H2,1,3H3;1H,2H2,(H,3,4)/b8-7-,19-10+;. The van der Waals surface area contributed by atoms with Crippen molar-refractivity contribution in [2.45, 2.75) is 38.7 Å². The molecule has 0 aliphatic heterocycles. The molecule has 0 spiro atoms. The molecule has 1 amide bonds. The largest absolute Gasteiger partial charge is 0.390 e. The van der Waals surface area contributed by atoms with E-state index in [0.717, 1.165) is 23.6 Å². The molecule has 0 heterocycles. The first-order valence-corrected chi connectivity index (χ1v) is 8.94. The van der Waals surface area contributed by atoms with E-state index in [1.807, 2.05) is 25.3 Å². The van der Waals surface area contributed by atoms with Crippen LogP contribution in [0.2, 0.25) is 0 Å². The summed E-state index contributed by atoms with van der Waals surface area (Å²) in [5.74, 6) is 5.18. The van der Waals surface area contributed by atoms with Crippen LogP contribution in [0.15, 0.2) is 60.3 Å². The number of ether oxygens (including phenoxy) is 1. The van der Waals surface area contributed by atoms with E-state index in [4.69, 9.17) is 9.53 Å². The lowest BCUT2D eigenvalue weighted by Crippen LogP contribution is -2.18. The maximum absolute atomic E-state index is 8.94. The second kappa shape index (κ2) is 12.9. The SMILES string of the molecule is C=C(/C=C\C=C(/COCc1ccccc1C1CC1)NC)CC.NNC=O. The minimum atomic E-state index is 0.403. The van der Waals surface area contributed by atoms with Crippen LogP contribution >= 0.6 is 0 Å². The lowest BCUT2D eigenvalue weighted by Gasteiger charge is -2.11. The number of carbonyl (C=O) groups excluding carboxylic acids is 1. The second-order valence-electron chi connectivity index (χ2n) is 6.06. The molecule has 1 aliphatic rings. The predicted molar refractivity (Wildman–Crippen MR) is 107 cm³/mol. The maximum atomic E-state index is 8.94. The predicted octanol–water partition coefficient (Wildman–Crippen LogP) is 3.31. The molecule has 0 bridgehead atoms. The minimum Gasteiger partial charge on any atom is -0.390 e. The molecule has 0 radical (unpaired) electrons. The number of carbonyl (C=O) groups is 1. The normalized spacial score (nSPS) is 13.7. The molecule has 4 N–H and O–H groups in total. The van der Waals surface area contributed by atoms with Crippen LogP contribution < -0.4 is 16.6 Å². The molecular formula is C21H31N3O2. The zero-order valence-electron chi connectivity index (χ0n) is 15.8. The summed E-state index contributed by atoms with van der Waals surface area (Å²) in [5.41, 5.74) is 6.75. The van der Waals surface area contributed by atoms with Crippen molar-refractivity contribution < 1.29 is 9.53 Å². The van der Waals surface area contributed by atoms with Crippen molar-refractivity contribution >= 4 is 6.41 Å². The zero-order valence-corrected chi connectivity index (χ0v) is 15.8. The number of benzene rings is 1. The van der Waals surface area contributed by atoms with Gasteiger partial charge in [0.05, 0.1) is 13.2 Å². The third kappa shape index (κ3) is 8.65. The van der Waals surface area contributed by atoms with Gasteiger partial charge in [0, 0.05) is 12.7 Å². The molecule has 142 valence electrons. The van der Waals surface area contributed by atoms with Crippen LogP contribution in [-0.4, -0.2) is 20.1 Å². The van der Waals surface area contributed by atoms with Crippen molar-refractivity contribution in [1.29, 1.82) is 0 Å². The van der Waals surface area contributed by atoms with Crippen LogP contribution in [0.4, 0.5) is 0 Å². The van der Waals surface area contributed by atoms with E-state index >= 15 is 0 Å². The Morgan fingerprint density at radius 2 is 2.08 bits per heavy atom. The molecule has 0 saturated heterocycles. The maximum Gasteiger partial charge on any atom is 0.221 e. The summed E-state index contributed by atoms with van der Waals surface area (Å²) in [5, 5.41) is 3.18. The van der Waals surface area contributed by atoms with Crippen molar-refractivity contribution in [2.75, 3.05) is 13.7 Å². The minimum absolute atomic E-state index is 0.403. The molecule has 1 saturated carbocycles. The van der Waals surface area contributed by atoms with Gasteiger partial charge in [-0.1, -0.05) is 55.5 Å². The van der Waals surface area contributed by atoms with Gasteiger partial charge in [-0.15, -0.1) is 0 Å². The Bertz CT molecular complexity index is 619. The van der Waals surface area contributed by atoms with Crippen molar-refractivity contribution in [3.8, 4) is 0 Å². The van der Waals surface area contributed by atoms with Crippen LogP contribution in [0, 0.1) is 0 Å². The first-order valence-electron chi connectivity index (χ1n) is 8.94. The fraction of sp³-hybridized carbons (Fsp3) is 0.381. The summed E-state index contributed by atoms with van der Waals surface area (Å²) < 4.78 is 5.89. The van der Waals surface area contributed by atoms with E-state index < -0.39 is 0 Å². The van der Waals surface area contributed by atoms with E-state index in [2.05, 4.69) is 48.9 Å². The zero-order chi connectivity index (χ0) is 19.2. The highest BCUT2D eigenvalue weighted by Gasteiger charge is 2.25. The van der Waals surface area contributed by atoms with Gasteiger partial charge in [0.1, 0.15) is 0 Å². The molecule has 1 fully saturated rings. The van der Waals surface area contributed by atoms with Gasteiger partial charge in [-0.2, -0.15) is 0 Å². The number of allylic oxidation sites excluding steroid dienone is 4. The monoisotopic (exact) mass is 357 g/mol. The van der Waals surface area contributed by atoms with Gasteiger partial charge in [0.15, 0.2) is 0 Å². The van der Waals surface area contributed by atoms with Crippen LogP contribution in [0.25, 0.3) is 0 Å². The third-order valence-corrected chi connectivity index (χ3v) is 4.06. The number of hydrazine groups is 1. The van der Waals surface area contributed by atoms with Gasteiger partial charge in [-0.25, -0.2) is 5.84 Å². The van der Waals surface area contributed by atoms with Crippen LogP contribution in [-0.2, 0) is 16.1 Å². The van der Waals surface area contributed by atoms with Crippen molar-refractivity contribution in [3.63, 3.8) is 0 Å². The van der Waals surface area contributed by atoms with Gasteiger partial charge in [0.2, 0.25) is 6.41 Å². The number of rotatable bonds is 10. The second-order valence-corrected chi connectivity index (χ2v) is 6.06. The lowest BCUT2D eigenvalue weighted by atomic mass is 10.0. The van der Waals surface area contributed by atoms with Crippen molar-refractivity contribution in [2.24, 2.45) is 5.84 Å². The van der Waals surface area contributed by atoms with Crippen LogP contribution in [0.5, 0.6) is 0 Å². The molecule has 0 unspecified atom stereocenters. The van der Waals surface area contributed by atoms with Crippen molar-refractivity contribution in [1.82, 2.24) is 10.7 Å². The van der Waals surface area contributed by atoms with Crippen LogP contribution in [0.3, 0.4) is 0 Å². The summed E-state index contributed by atoms with van der Waals surface area (Å²) in [4.78, 5) is 8.94. The first kappa shape index (κ1) is 21.7. The van der Waals surface area contributed by atoms with E-state index in [9.17, 15) is 0 Å². The van der Waals surface area contributed by atoms with Gasteiger partial charge in [-0.05, 0) is 42.4 Å². The molecule has 1 aliphatic carbocycles. The number of nitrogens with two attached hydrogens (primary N) is 1. The van der Waals surface area contributed by atoms with Gasteiger partial charge < -0.3 is 10.1 Å². The molecule has 26 heavy (non-hydrogen) atoms. The summed E-state index contributed by atoms with van der Waals surface area (Å²) in [6.07, 6.45) is 10.1. The highest BCUT2D eigenvalue weighted by atomic mass is 16.5. The topological polar surface area (TPSA) is 76.4 Å². The average Bonchev–Trinajstić information content (AvgIpc) is 3.52. The Balaban J connectivity index is 0.000000765. The van der Waals surface area contributed by atoms with Crippen molar-refractivity contribution in [3.05, 3.63) is 71.5 Å². The Morgan fingerprint density at radius 1 is 1.38 bits per heavy atom. The third-order valence-electron chi connectivity index (χ3n) is 4.06. The number of nitrogens with one attached hydrogen (secondary N) is 2. The highest BCUT2D eigenvalue weighted by Crippen LogP contribution is 2.41. The summed E-state index contributed by atoms with van der Waals surface area (Å²) >= 11 is 0. The summed E-state index contributed by atoms with van der Waals surface area (Å²) in [6, 6.07) is 8.64. The number of likely N-dealkylation sites (N-methyl/N-ethyl adjacent to an activating group) is 1.